The zero-order chi connectivity index (χ0) is 19.6. The number of carbonyl (C=O) groups excluding carboxylic acids is 2. The molecule has 2 amide bonds. The molecule has 0 aliphatic carbocycles. The van der Waals surface area contributed by atoms with E-state index in [2.05, 4.69) is 15.4 Å². The van der Waals surface area contributed by atoms with E-state index < -0.39 is 18.4 Å². The summed E-state index contributed by atoms with van der Waals surface area (Å²) in [7, 11) is 1.58. The number of rotatable bonds is 9. The van der Waals surface area contributed by atoms with Crippen LogP contribution in [0, 0.1) is 0 Å². The molecule has 0 aliphatic heterocycles. The van der Waals surface area contributed by atoms with Gasteiger partial charge in [0.1, 0.15) is 5.75 Å². The Balaban J connectivity index is 1.88. The van der Waals surface area contributed by atoms with E-state index >= 15 is 0 Å². The zero-order valence-corrected chi connectivity index (χ0v) is 14.7. The number of methoxy groups -OCH3 is 1. The van der Waals surface area contributed by atoms with E-state index in [1.54, 1.807) is 7.11 Å². The monoisotopic (exact) mass is 378 g/mol. The largest absolute Gasteiger partial charge is 0.434 e. The van der Waals surface area contributed by atoms with Gasteiger partial charge in [-0.25, -0.2) is 0 Å². The molecule has 0 fully saturated rings. The summed E-state index contributed by atoms with van der Waals surface area (Å²) in [6.07, 6.45) is 0. The first-order valence-corrected chi connectivity index (χ1v) is 8.15. The summed E-state index contributed by atoms with van der Waals surface area (Å²) in [5, 5.41) is 5.08. The third kappa shape index (κ3) is 6.34. The van der Waals surface area contributed by atoms with Crippen LogP contribution in [0.2, 0.25) is 0 Å². The van der Waals surface area contributed by atoms with E-state index in [0.29, 0.717) is 6.61 Å². The minimum atomic E-state index is -3.05. The van der Waals surface area contributed by atoms with Crippen LogP contribution in [0.15, 0.2) is 48.5 Å². The Bertz CT molecular complexity index is 784. The second-order valence-electron chi connectivity index (χ2n) is 5.54. The summed E-state index contributed by atoms with van der Waals surface area (Å²) in [6, 6.07) is 13.1. The van der Waals surface area contributed by atoms with Crippen LogP contribution in [-0.4, -0.2) is 32.1 Å². The molecule has 2 N–H and O–H groups in total. The van der Waals surface area contributed by atoms with Gasteiger partial charge in [-0.2, -0.15) is 8.78 Å². The molecule has 0 aliphatic rings. The third-order valence-corrected chi connectivity index (χ3v) is 3.65. The Labute approximate surface area is 155 Å². The van der Waals surface area contributed by atoms with Gasteiger partial charge in [0, 0.05) is 13.7 Å². The van der Waals surface area contributed by atoms with Crippen LogP contribution < -0.4 is 15.4 Å². The van der Waals surface area contributed by atoms with Crippen molar-refractivity contribution in [2.24, 2.45) is 0 Å². The number of hydrogen-bond acceptors (Lipinski definition) is 4. The number of hydrogen-bond donors (Lipinski definition) is 2. The first-order chi connectivity index (χ1) is 13.0. The Morgan fingerprint density at radius 3 is 2.37 bits per heavy atom. The second kappa shape index (κ2) is 10.2. The summed E-state index contributed by atoms with van der Waals surface area (Å²) < 4.78 is 34.2. The Morgan fingerprint density at radius 1 is 1.00 bits per heavy atom. The van der Waals surface area contributed by atoms with Gasteiger partial charge in [-0.1, -0.05) is 36.4 Å². The van der Waals surface area contributed by atoms with Gasteiger partial charge >= 0.3 is 6.61 Å². The fourth-order valence-corrected chi connectivity index (χ4v) is 2.39. The number of para-hydroxylation sites is 1. The first kappa shape index (κ1) is 20.3. The molecule has 0 unspecified atom stereocenters. The maximum atomic E-state index is 12.4. The maximum absolute atomic E-state index is 12.4. The van der Waals surface area contributed by atoms with Crippen molar-refractivity contribution in [2.45, 2.75) is 19.8 Å². The van der Waals surface area contributed by atoms with Crippen molar-refractivity contribution < 1.29 is 27.8 Å². The summed E-state index contributed by atoms with van der Waals surface area (Å²) in [5.74, 6) is -1.34. The van der Waals surface area contributed by atoms with Crippen molar-refractivity contribution in [3.63, 3.8) is 0 Å². The van der Waals surface area contributed by atoms with E-state index in [4.69, 9.17) is 4.74 Å². The Hall–Kier alpha value is -3.00. The van der Waals surface area contributed by atoms with Gasteiger partial charge in [0.15, 0.2) is 0 Å². The Morgan fingerprint density at radius 2 is 1.67 bits per heavy atom. The van der Waals surface area contributed by atoms with Gasteiger partial charge in [0.25, 0.3) is 5.91 Å². The number of halogens is 2. The van der Waals surface area contributed by atoms with Gasteiger partial charge in [-0.15, -0.1) is 0 Å². The van der Waals surface area contributed by atoms with Crippen molar-refractivity contribution >= 4 is 11.8 Å². The SMILES string of the molecule is COCc1ccccc1CNC(=O)CNC(=O)c1ccccc1OC(F)F. The van der Waals surface area contributed by atoms with Crippen LogP contribution in [0.3, 0.4) is 0 Å². The lowest BCUT2D eigenvalue weighted by Crippen LogP contribution is -2.37. The normalized spacial score (nSPS) is 10.5. The predicted molar refractivity (Wildman–Crippen MR) is 94.4 cm³/mol. The van der Waals surface area contributed by atoms with Crippen LogP contribution in [0.25, 0.3) is 0 Å². The third-order valence-electron chi connectivity index (χ3n) is 3.65. The average molecular weight is 378 g/mol. The summed E-state index contributed by atoms with van der Waals surface area (Å²) >= 11 is 0. The van der Waals surface area contributed by atoms with Crippen LogP contribution in [-0.2, 0) is 22.7 Å². The first-order valence-electron chi connectivity index (χ1n) is 8.15. The lowest BCUT2D eigenvalue weighted by Gasteiger charge is -2.12. The van der Waals surface area contributed by atoms with Gasteiger partial charge in [0.05, 0.1) is 18.7 Å². The molecular weight excluding hydrogens is 358 g/mol. The van der Waals surface area contributed by atoms with Crippen molar-refractivity contribution in [3.05, 3.63) is 65.2 Å². The van der Waals surface area contributed by atoms with E-state index in [1.165, 1.54) is 24.3 Å². The lowest BCUT2D eigenvalue weighted by molar-refractivity contribution is -0.120. The van der Waals surface area contributed by atoms with Gasteiger partial charge < -0.3 is 20.1 Å². The summed E-state index contributed by atoms with van der Waals surface area (Å²) in [4.78, 5) is 24.1. The molecule has 6 nitrogen and oxygen atoms in total. The van der Waals surface area contributed by atoms with Crippen molar-refractivity contribution in [2.75, 3.05) is 13.7 Å². The van der Waals surface area contributed by atoms with Crippen molar-refractivity contribution in [1.29, 1.82) is 0 Å². The minimum Gasteiger partial charge on any atom is -0.434 e. The number of carbonyl (C=O) groups is 2. The van der Waals surface area contributed by atoms with Crippen LogP contribution in [0.5, 0.6) is 5.75 Å². The Kier molecular flexibility index (Phi) is 7.69. The molecule has 144 valence electrons. The lowest BCUT2D eigenvalue weighted by atomic mass is 10.1. The molecule has 8 heteroatoms. The van der Waals surface area contributed by atoms with Gasteiger partial charge in [-0.3, -0.25) is 9.59 Å². The molecule has 0 heterocycles. The second-order valence-corrected chi connectivity index (χ2v) is 5.54. The molecule has 27 heavy (non-hydrogen) atoms. The fraction of sp³-hybridized carbons (Fsp3) is 0.263. The van der Waals surface area contributed by atoms with Crippen LogP contribution >= 0.6 is 0 Å². The zero-order valence-electron chi connectivity index (χ0n) is 14.7. The molecular formula is C19H20F2N2O4. The van der Waals surface area contributed by atoms with Crippen molar-refractivity contribution in [1.82, 2.24) is 10.6 Å². The quantitative estimate of drug-likeness (QED) is 0.703. The van der Waals surface area contributed by atoms with Gasteiger partial charge in [0.2, 0.25) is 5.91 Å². The van der Waals surface area contributed by atoms with E-state index in [9.17, 15) is 18.4 Å². The highest BCUT2D eigenvalue weighted by Crippen LogP contribution is 2.19. The van der Waals surface area contributed by atoms with Gasteiger partial charge in [-0.05, 0) is 23.3 Å². The molecule has 2 rings (SSSR count). The number of ether oxygens (including phenoxy) is 2. The van der Waals surface area contributed by atoms with E-state index in [-0.39, 0.29) is 24.4 Å². The average Bonchev–Trinajstić information content (AvgIpc) is 2.65. The fourth-order valence-electron chi connectivity index (χ4n) is 2.39. The molecule has 0 radical (unpaired) electrons. The maximum Gasteiger partial charge on any atom is 0.387 e. The number of alkyl halides is 2. The molecule has 0 saturated heterocycles. The van der Waals surface area contributed by atoms with Crippen molar-refractivity contribution in [3.8, 4) is 5.75 Å². The molecule has 2 aromatic carbocycles. The number of benzene rings is 2. The molecule has 0 bridgehead atoms. The predicted octanol–water partition coefficient (Wildman–Crippen LogP) is 2.48. The smallest absolute Gasteiger partial charge is 0.387 e. The number of amides is 2. The molecule has 2 aromatic rings. The number of nitrogens with one attached hydrogen (secondary N) is 2. The molecule has 0 saturated carbocycles. The van der Waals surface area contributed by atoms with Crippen LogP contribution in [0.4, 0.5) is 8.78 Å². The standard InChI is InChI=1S/C19H20F2N2O4/c1-26-12-14-7-3-2-6-13(14)10-22-17(24)11-23-18(25)15-8-4-5-9-16(15)27-19(20)21/h2-9,19H,10-12H2,1H3,(H,22,24)(H,23,25). The molecule has 0 atom stereocenters. The van der Waals surface area contributed by atoms with E-state index in [0.717, 1.165) is 11.1 Å². The van der Waals surface area contributed by atoms with Crippen LogP contribution in [0.1, 0.15) is 21.5 Å². The molecule has 0 aromatic heterocycles. The minimum absolute atomic E-state index is 0.0731. The topological polar surface area (TPSA) is 76.7 Å². The summed E-state index contributed by atoms with van der Waals surface area (Å²) in [5.41, 5.74) is 1.77. The highest BCUT2D eigenvalue weighted by Gasteiger charge is 2.16. The highest BCUT2D eigenvalue weighted by molar-refractivity contribution is 5.98. The molecule has 0 spiro atoms. The highest BCUT2D eigenvalue weighted by atomic mass is 19.3. The van der Waals surface area contributed by atoms with E-state index in [1.807, 2.05) is 24.3 Å². The summed E-state index contributed by atoms with van der Waals surface area (Å²) in [6.45, 7) is -2.65.